The maximum Gasteiger partial charge on any atom is 0.264 e. The van der Waals surface area contributed by atoms with Crippen molar-refractivity contribution in [1.29, 1.82) is 0 Å². The van der Waals surface area contributed by atoms with E-state index >= 15 is 0 Å². The van der Waals surface area contributed by atoms with Gasteiger partial charge in [-0.1, -0.05) is 48.5 Å². The second kappa shape index (κ2) is 10.1. The Morgan fingerprint density at radius 3 is 2.59 bits per heavy atom. The minimum atomic E-state index is -3.75. The van der Waals surface area contributed by atoms with Crippen LogP contribution < -0.4 is 5.32 Å². The third-order valence-electron chi connectivity index (χ3n) is 6.66. The van der Waals surface area contributed by atoms with Gasteiger partial charge in [0.05, 0.1) is 25.8 Å². The van der Waals surface area contributed by atoms with Crippen LogP contribution in [0.15, 0.2) is 73.3 Å². The quantitative estimate of drug-likeness (QED) is 0.308. The lowest BCUT2D eigenvalue weighted by molar-refractivity contribution is -0.183. The van der Waals surface area contributed by atoms with Crippen molar-refractivity contribution in [2.24, 2.45) is 0 Å². The molecule has 2 fully saturated rings. The number of benzene rings is 2. The molecule has 2 aliphatic rings. The Balaban J connectivity index is 1.29. The molecule has 0 radical (unpaired) electrons. The van der Waals surface area contributed by atoms with Crippen LogP contribution in [0.5, 0.6) is 0 Å². The Morgan fingerprint density at radius 2 is 1.85 bits per heavy atom. The summed E-state index contributed by atoms with van der Waals surface area (Å²) < 4.78 is 49.3. The first-order valence-electron chi connectivity index (χ1n) is 12.2. The SMILES string of the molecule is CS(=O)(=O)OC[C@@]12CO[C@@H]([C@H](n3cnc4c(NC(=O)c5ccccc5)ncnc43)O1)[C@@H]2OCc1ccccc1. The Labute approximate surface area is 224 Å². The first kappa shape index (κ1) is 25.5. The topological polar surface area (TPSA) is 144 Å². The van der Waals surface area contributed by atoms with Gasteiger partial charge in [0, 0.05) is 5.56 Å². The summed E-state index contributed by atoms with van der Waals surface area (Å²) in [5.41, 5.74) is 0.993. The number of nitrogens with one attached hydrogen (secondary N) is 1. The number of carbonyl (C=O) groups excluding carboxylic acids is 1. The minimum Gasteiger partial charge on any atom is -0.367 e. The molecule has 4 atom stereocenters. The number of hydrogen-bond donors (Lipinski definition) is 1. The Kier molecular flexibility index (Phi) is 6.61. The number of hydrogen-bond acceptors (Lipinski definition) is 10. The summed E-state index contributed by atoms with van der Waals surface area (Å²) in [7, 11) is -3.75. The van der Waals surface area contributed by atoms with Gasteiger partial charge in [-0.05, 0) is 17.7 Å². The third-order valence-corrected chi connectivity index (χ3v) is 7.21. The van der Waals surface area contributed by atoms with Crippen molar-refractivity contribution >= 4 is 33.0 Å². The van der Waals surface area contributed by atoms with Gasteiger partial charge in [-0.15, -0.1) is 0 Å². The van der Waals surface area contributed by atoms with Crippen LogP contribution in [-0.4, -0.2) is 71.1 Å². The van der Waals surface area contributed by atoms with Gasteiger partial charge < -0.3 is 19.5 Å². The molecule has 13 heteroatoms. The molecule has 2 bridgehead atoms. The summed E-state index contributed by atoms with van der Waals surface area (Å²) in [5.74, 6) is -0.0976. The highest BCUT2D eigenvalue weighted by Crippen LogP contribution is 2.48. The summed E-state index contributed by atoms with van der Waals surface area (Å²) in [4.78, 5) is 25.7. The molecule has 2 aromatic carbocycles. The summed E-state index contributed by atoms with van der Waals surface area (Å²) in [6.45, 7) is 0.0754. The molecule has 2 saturated heterocycles. The highest BCUT2D eigenvalue weighted by atomic mass is 32.2. The lowest BCUT2D eigenvalue weighted by Gasteiger charge is -2.31. The van der Waals surface area contributed by atoms with E-state index in [-0.39, 0.29) is 31.5 Å². The molecule has 2 aliphatic heterocycles. The fourth-order valence-corrected chi connectivity index (χ4v) is 5.25. The van der Waals surface area contributed by atoms with Crippen LogP contribution in [0, 0.1) is 0 Å². The zero-order valence-electron chi connectivity index (χ0n) is 20.8. The summed E-state index contributed by atoms with van der Waals surface area (Å²) in [5, 5.41) is 2.78. The van der Waals surface area contributed by atoms with E-state index in [4.69, 9.17) is 18.4 Å². The average molecular weight is 552 g/mol. The van der Waals surface area contributed by atoms with E-state index in [9.17, 15) is 13.2 Å². The van der Waals surface area contributed by atoms with E-state index in [2.05, 4.69) is 20.3 Å². The number of rotatable bonds is 9. The highest BCUT2D eigenvalue weighted by molar-refractivity contribution is 7.85. The van der Waals surface area contributed by atoms with Crippen LogP contribution in [0.2, 0.25) is 0 Å². The van der Waals surface area contributed by atoms with Crippen LogP contribution in [-0.2, 0) is 35.1 Å². The van der Waals surface area contributed by atoms with Gasteiger partial charge in [-0.25, -0.2) is 15.0 Å². The Morgan fingerprint density at radius 1 is 1.10 bits per heavy atom. The number of nitrogens with zero attached hydrogens (tertiary/aromatic N) is 4. The van der Waals surface area contributed by atoms with Crippen molar-refractivity contribution in [3.8, 4) is 0 Å². The number of ether oxygens (including phenoxy) is 3. The molecule has 0 aliphatic carbocycles. The normalized spacial score (nSPS) is 24.3. The maximum atomic E-state index is 12.7. The second-order valence-electron chi connectivity index (χ2n) is 9.40. The Bertz CT molecular complexity index is 1600. The highest BCUT2D eigenvalue weighted by Gasteiger charge is 2.63. The zero-order chi connectivity index (χ0) is 27.0. The fraction of sp³-hybridized carbons (Fsp3) is 0.308. The maximum absolute atomic E-state index is 12.7. The van der Waals surface area contributed by atoms with Crippen molar-refractivity contribution < 1.29 is 31.6 Å². The number of imidazole rings is 1. The molecule has 4 aromatic rings. The largest absolute Gasteiger partial charge is 0.367 e. The molecule has 0 saturated carbocycles. The summed E-state index contributed by atoms with van der Waals surface area (Å²) in [6, 6.07) is 18.3. The summed E-state index contributed by atoms with van der Waals surface area (Å²) >= 11 is 0. The fourth-order valence-electron chi connectivity index (χ4n) is 4.83. The molecular formula is C26H25N5O7S. The predicted octanol–water partition coefficient (Wildman–Crippen LogP) is 2.31. The smallest absolute Gasteiger partial charge is 0.264 e. The molecule has 0 unspecified atom stereocenters. The van der Waals surface area contributed by atoms with E-state index < -0.39 is 34.2 Å². The van der Waals surface area contributed by atoms with Crippen molar-refractivity contribution in [2.45, 2.75) is 30.6 Å². The van der Waals surface area contributed by atoms with Gasteiger partial charge in [0.15, 0.2) is 23.2 Å². The molecule has 39 heavy (non-hydrogen) atoms. The molecule has 4 heterocycles. The molecular weight excluding hydrogens is 526 g/mol. The van der Waals surface area contributed by atoms with Crippen molar-refractivity contribution in [1.82, 2.24) is 19.5 Å². The average Bonchev–Trinajstić information content (AvgIpc) is 3.62. The monoisotopic (exact) mass is 551 g/mol. The van der Waals surface area contributed by atoms with Crippen LogP contribution in [0.1, 0.15) is 22.1 Å². The van der Waals surface area contributed by atoms with E-state index in [1.165, 1.54) is 12.7 Å². The van der Waals surface area contributed by atoms with E-state index in [1.807, 2.05) is 36.4 Å². The zero-order valence-corrected chi connectivity index (χ0v) is 21.7. The molecule has 1 amide bonds. The number of carbonyl (C=O) groups is 1. The lowest BCUT2D eigenvalue weighted by Crippen LogP contribution is -2.46. The number of anilines is 1. The number of aromatic nitrogens is 4. The molecule has 2 aromatic heterocycles. The lowest BCUT2D eigenvalue weighted by atomic mass is 10.00. The van der Waals surface area contributed by atoms with Crippen LogP contribution in [0.25, 0.3) is 11.2 Å². The van der Waals surface area contributed by atoms with E-state index in [0.29, 0.717) is 16.7 Å². The van der Waals surface area contributed by atoms with Gasteiger partial charge >= 0.3 is 0 Å². The van der Waals surface area contributed by atoms with Crippen LogP contribution in [0.3, 0.4) is 0 Å². The van der Waals surface area contributed by atoms with E-state index in [1.54, 1.807) is 28.8 Å². The van der Waals surface area contributed by atoms with Crippen molar-refractivity contribution in [3.05, 3.63) is 84.4 Å². The molecule has 202 valence electrons. The second-order valence-corrected chi connectivity index (χ2v) is 11.0. The van der Waals surface area contributed by atoms with E-state index in [0.717, 1.165) is 11.8 Å². The minimum absolute atomic E-state index is 0.0864. The predicted molar refractivity (Wildman–Crippen MR) is 138 cm³/mol. The first-order valence-corrected chi connectivity index (χ1v) is 14.0. The van der Waals surface area contributed by atoms with Gasteiger partial charge in [-0.2, -0.15) is 8.42 Å². The van der Waals surface area contributed by atoms with Gasteiger partial charge in [0.1, 0.15) is 30.7 Å². The molecule has 6 rings (SSSR count). The van der Waals surface area contributed by atoms with Gasteiger partial charge in [0.25, 0.3) is 16.0 Å². The van der Waals surface area contributed by atoms with Crippen LogP contribution in [0.4, 0.5) is 5.82 Å². The first-order chi connectivity index (χ1) is 18.8. The summed E-state index contributed by atoms with van der Waals surface area (Å²) in [6.07, 6.45) is 1.83. The van der Waals surface area contributed by atoms with Gasteiger partial charge in [0.2, 0.25) is 0 Å². The number of fused-ring (bicyclic) bond motifs is 3. The number of amides is 1. The van der Waals surface area contributed by atoms with Gasteiger partial charge in [-0.3, -0.25) is 13.5 Å². The Hall–Kier alpha value is -3.75. The molecule has 1 N–H and O–H groups in total. The van der Waals surface area contributed by atoms with Crippen LogP contribution >= 0.6 is 0 Å². The van der Waals surface area contributed by atoms with Crippen molar-refractivity contribution in [2.75, 3.05) is 24.8 Å². The third kappa shape index (κ3) is 5.02. The standard InChI is InChI=1S/C26H25N5O7S/c1-39(33,34)37-14-26-13-36-20(21(26)35-12-17-8-4-2-5-9-17)25(38-26)31-16-29-19-22(27-15-28-23(19)31)30-24(32)18-10-6-3-7-11-18/h2-11,15-16,20-21,25H,12-14H2,1H3,(H,27,28,30,32)/t20-,21+,25-,26-/m1/s1. The molecule has 12 nitrogen and oxygen atoms in total. The van der Waals surface area contributed by atoms with Crippen molar-refractivity contribution in [3.63, 3.8) is 0 Å². The molecule has 0 spiro atoms.